The average Bonchev–Trinajstić information content (AvgIpc) is 2.74. The topological polar surface area (TPSA) is 63.6 Å². The number of hydrogen-bond acceptors (Lipinski definition) is 5. The molecule has 0 unspecified atom stereocenters. The van der Waals surface area contributed by atoms with Crippen LogP contribution in [0.15, 0.2) is 85.5 Å². The molecule has 5 heteroatoms. The Kier molecular flexibility index (Phi) is 4.60. The van der Waals surface area contributed by atoms with Gasteiger partial charge in [0.15, 0.2) is 5.82 Å². The lowest BCUT2D eigenvalue weighted by Crippen LogP contribution is -2.04. The second-order valence-electron chi connectivity index (χ2n) is 5.78. The molecular weight excluding hydrogens is 322 g/mol. The van der Waals surface area contributed by atoms with Crippen molar-refractivity contribution < 1.29 is 0 Å². The van der Waals surface area contributed by atoms with E-state index >= 15 is 0 Å². The first-order valence-electron chi connectivity index (χ1n) is 8.36. The second-order valence-corrected chi connectivity index (χ2v) is 5.78. The van der Waals surface area contributed by atoms with Gasteiger partial charge < -0.3 is 5.32 Å². The Morgan fingerprint density at radius 2 is 1.58 bits per heavy atom. The van der Waals surface area contributed by atoms with E-state index in [1.807, 2.05) is 48.5 Å². The molecule has 0 aliphatic rings. The molecule has 0 saturated heterocycles. The molecule has 1 N–H and O–H groups in total. The number of anilines is 1. The highest BCUT2D eigenvalue weighted by atomic mass is 15.0. The zero-order valence-electron chi connectivity index (χ0n) is 14.1. The smallest absolute Gasteiger partial charge is 0.163 e. The normalized spacial score (nSPS) is 10.5. The lowest BCUT2D eigenvalue weighted by atomic mass is 10.1. The molecule has 0 bridgehead atoms. The van der Waals surface area contributed by atoms with Gasteiger partial charge in [-0.1, -0.05) is 30.3 Å². The van der Waals surface area contributed by atoms with Crippen LogP contribution in [0.25, 0.3) is 22.6 Å². The van der Waals surface area contributed by atoms with E-state index in [4.69, 9.17) is 4.98 Å². The summed E-state index contributed by atoms with van der Waals surface area (Å²) in [6.07, 6.45) is 7.04. The lowest BCUT2D eigenvalue weighted by Gasteiger charge is -2.10. The van der Waals surface area contributed by atoms with Crippen molar-refractivity contribution in [3.8, 4) is 22.6 Å². The first-order valence-corrected chi connectivity index (χ1v) is 8.36. The van der Waals surface area contributed by atoms with Gasteiger partial charge in [0, 0.05) is 48.5 Å². The molecule has 126 valence electrons. The summed E-state index contributed by atoms with van der Waals surface area (Å²) in [4.78, 5) is 17.6. The van der Waals surface area contributed by atoms with Crippen LogP contribution in [-0.4, -0.2) is 19.9 Å². The molecule has 0 radical (unpaired) electrons. The molecule has 0 atom stereocenters. The number of nitrogens with one attached hydrogen (secondary N) is 1. The van der Waals surface area contributed by atoms with E-state index in [2.05, 4.69) is 32.4 Å². The van der Waals surface area contributed by atoms with Crippen LogP contribution < -0.4 is 5.32 Å². The van der Waals surface area contributed by atoms with E-state index in [1.165, 1.54) is 5.56 Å². The molecule has 0 spiro atoms. The van der Waals surface area contributed by atoms with Crippen molar-refractivity contribution in [3.05, 3.63) is 91.0 Å². The van der Waals surface area contributed by atoms with Gasteiger partial charge >= 0.3 is 0 Å². The van der Waals surface area contributed by atoms with Crippen LogP contribution in [0.2, 0.25) is 0 Å². The van der Waals surface area contributed by atoms with E-state index in [0.29, 0.717) is 12.4 Å². The monoisotopic (exact) mass is 339 g/mol. The molecule has 0 saturated carbocycles. The van der Waals surface area contributed by atoms with Crippen LogP contribution in [0.3, 0.4) is 0 Å². The van der Waals surface area contributed by atoms with Crippen molar-refractivity contribution in [1.82, 2.24) is 19.9 Å². The highest BCUT2D eigenvalue weighted by molar-refractivity contribution is 5.66. The van der Waals surface area contributed by atoms with E-state index in [-0.39, 0.29) is 0 Å². The largest absolute Gasteiger partial charge is 0.366 e. The quantitative estimate of drug-likeness (QED) is 0.590. The molecule has 0 amide bonds. The van der Waals surface area contributed by atoms with E-state index in [9.17, 15) is 0 Å². The minimum atomic E-state index is 0.642. The molecule has 3 aromatic heterocycles. The third-order valence-electron chi connectivity index (χ3n) is 3.94. The number of rotatable bonds is 5. The Labute approximate surface area is 151 Å². The molecule has 1 aromatic carbocycles. The summed E-state index contributed by atoms with van der Waals surface area (Å²) in [6, 6.07) is 19.9. The maximum atomic E-state index is 4.71. The third kappa shape index (κ3) is 3.72. The highest BCUT2D eigenvalue weighted by Gasteiger charge is 2.09. The SMILES string of the molecule is c1ccc(CNc2cc(-c3ccncc3)nc(-c3cccnc3)n2)cc1. The first-order chi connectivity index (χ1) is 12.9. The van der Waals surface area contributed by atoms with E-state index in [1.54, 1.807) is 24.8 Å². The second kappa shape index (κ2) is 7.53. The Balaban J connectivity index is 1.70. The number of nitrogens with zero attached hydrogens (tertiary/aromatic N) is 4. The van der Waals surface area contributed by atoms with Crippen LogP contribution >= 0.6 is 0 Å². The third-order valence-corrected chi connectivity index (χ3v) is 3.94. The van der Waals surface area contributed by atoms with Gasteiger partial charge in [-0.15, -0.1) is 0 Å². The Hall–Kier alpha value is -3.60. The predicted octanol–water partition coefficient (Wildman–Crippen LogP) is 4.21. The van der Waals surface area contributed by atoms with Gasteiger partial charge in [0.25, 0.3) is 0 Å². The highest BCUT2D eigenvalue weighted by Crippen LogP contribution is 2.23. The van der Waals surface area contributed by atoms with Gasteiger partial charge in [-0.3, -0.25) is 9.97 Å². The molecule has 0 fully saturated rings. The van der Waals surface area contributed by atoms with Gasteiger partial charge in [-0.05, 0) is 29.8 Å². The number of aromatic nitrogens is 4. The summed E-state index contributed by atoms with van der Waals surface area (Å²) in [7, 11) is 0. The number of pyridine rings is 2. The van der Waals surface area contributed by atoms with Crippen LogP contribution in [0, 0.1) is 0 Å². The summed E-state index contributed by atoms with van der Waals surface area (Å²) in [5.74, 6) is 1.41. The van der Waals surface area contributed by atoms with Gasteiger partial charge in [0.1, 0.15) is 5.82 Å². The molecule has 5 nitrogen and oxygen atoms in total. The van der Waals surface area contributed by atoms with Crippen molar-refractivity contribution in [1.29, 1.82) is 0 Å². The van der Waals surface area contributed by atoms with Crippen molar-refractivity contribution >= 4 is 5.82 Å². The van der Waals surface area contributed by atoms with Crippen LogP contribution in [0.1, 0.15) is 5.56 Å². The Bertz CT molecular complexity index is 915. The lowest BCUT2D eigenvalue weighted by molar-refractivity contribution is 1.08. The summed E-state index contributed by atoms with van der Waals surface area (Å²) < 4.78 is 0. The van der Waals surface area contributed by atoms with Crippen LogP contribution in [0.5, 0.6) is 0 Å². The fraction of sp³-hybridized carbons (Fsp3) is 0.0476. The summed E-state index contributed by atoms with van der Waals surface area (Å²) >= 11 is 0. The van der Waals surface area contributed by atoms with E-state index < -0.39 is 0 Å². The van der Waals surface area contributed by atoms with Crippen molar-refractivity contribution in [2.75, 3.05) is 5.32 Å². The maximum Gasteiger partial charge on any atom is 0.163 e. The standard InChI is InChI=1S/C21H17N5/c1-2-5-16(6-3-1)14-24-20-13-19(17-8-11-22-12-9-17)25-21(26-20)18-7-4-10-23-15-18/h1-13,15H,14H2,(H,24,25,26). The van der Waals surface area contributed by atoms with Gasteiger partial charge in [-0.2, -0.15) is 0 Å². The molecule has 3 heterocycles. The van der Waals surface area contributed by atoms with Gasteiger partial charge in [-0.25, -0.2) is 9.97 Å². The average molecular weight is 339 g/mol. The molecule has 4 rings (SSSR count). The number of benzene rings is 1. The summed E-state index contributed by atoms with van der Waals surface area (Å²) in [6.45, 7) is 0.695. The Morgan fingerprint density at radius 1 is 0.731 bits per heavy atom. The Morgan fingerprint density at radius 3 is 2.35 bits per heavy atom. The van der Waals surface area contributed by atoms with Gasteiger partial charge in [0.05, 0.1) is 5.69 Å². The summed E-state index contributed by atoms with van der Waals surface area (Å²) in [5.41, 5.74) is 3.91. The minimum Gasteiger partial charge on any atom is -0.366 e. The minimum absolute atomic E-state index is 0.642. The first kappa shape index (κ1) is 15.9. The zero-order chi connectivity index (χ0) is 17.6. The van der Waals surface area contributed by atoms with Gasteiger partial charge in [0.2, 0.25) is 0 Å². The van der Waals surface area contributed by atoms with Crippen LogP contribution in [0.4, 0.5) is 5.82 Å². The van der Waals surface area contributed by atoms with Crippen molar-refractivity contribution in [2.24, 2.45) is 0 Å². The van der Waals surface area contributed by atoms with Crippen molar-refractivity contribution in [2.45, 2.75) is 6.54 Å². The molecular formula is C21H17N5. The fourth-order valence-corrected chi connectivity index (χ4v) is 2.62. The molecule has 0 aliphatic heterocycles. The number of hydrogen-bond donors (Lipinski definition) is 1. The van der Waals surface area contributed by atoms with Crippen LogP contribution in [-0.2, 0) is 6.54 Å². The maximum absolute atomic E-state index is 4.71. The molecule has 0 aliphatic carbocycles. The predicted molar refractivity (Wildman–Crippen MR) is 102 cm³/mol. The molecule has 26 heavy (non-hydrogen) atoms. The van der Waals surface area contributed by atoms with Crippen molar-refractivity contribution in [3.63, 3.8) is 0 Å². The fourth-order valence-electron chi connectivity index (χ4n) is 2.62. The van der Waals surface area contributed by atoms with E-state index in [0.717, 1.165) is 22.6 Å². The molecule has 4 aromatic rings. The zero-order valence-corrected chi connectivity index (χ0v) is 14.1. The summed E-state index contributed by atoms with van der Waals surface area (Å²) in [5, 5.41) is 3.39.